The number of carbonyl (C=O) groups excluding carboxylic acids is 2. The van der Waals surface area contributed by atoms with E-state index in [9.17, 15) is 18.0 Å². The highest BCUT2D eigenvalue weighted by Crippen LogP contribution is 2.37. The first kappa shape index (κ1) is 19.1. The van der Waals surface area contributed by atoms with Gasteiger partial charge in [-0.2, -0.15) is 4.31 Å². The molecule has 2 aliphatic rings. The maximum atomic E-state index is 12.6. The molecule has 0 bridgehead atoms. The minimum atomic E-state index is -3.60. The lowest BCUT2D eigenvalue weighted by atomic mass is 10.3. The fourth-order valence-corrected chi connectivity index (χ4v) is 4.57. The van der Waals surface area contributed by atoms with Crippen LogP contribution in [0.4, 0.5) is 0 Å². The standard InChI is InChI=1S/C17H22ClN3O4S/c1-12-10-15(12)17(23)19-11-16(22)20-6-8-21(9-7-20)26(24,25)14-4-2-13(18)3-5-14/h2-5,12,15H,6-11H2,1H3,(H,19,23)/t12-,15+/m0/s1. The number of rotatable bonds is 5. The Hall–Kier alpha value is -1.64. The van der Waals surface area contributed by atoms with Crippen molar-refractivity contribution in [2.45, 2.75) is 18.2 Å². The van der Waals surface area contributed by atoms with Crippen molar-refractivity contribution in [1.29, 1.82) is 0 Å². The Labute approximate surface area is 158 Å². The number of piperazine rings is 1. The van der Waals surface area contributed by atoms with Crippen LogP contribution in [0, 0.1) is 11.8 Å². The predicted octanol–water partition coefficient (Wildman–Crippen LogP) is 0.945. The number of nitrogens with zero attached hydrogens (tertiary/aromatic N) is 2. The van der Waals surface area contributed by atoms with Crippen molar-refractivity contribution in [3.05, 3.63) is 29.3 Å². The van der Waals surface area contributed by atoms with Gasteiger partial charge in [-0.25, -0.2) is 8.42 Å². The van der Waals surface area contributed by atoms with E-state index < -0.39 is 10.0 Å². The monoisotopic (exact) mass is 399 g/mol. The maximum Gasteiger partial charge on any atom is 0.243 e. The van der Waals surface area contributed by atoms with E-state index in [1.807, 2.05) is 6.92 Å². The summed E-state index contributed by atoms with van der Waals surface area (Å²) in [5.41, 5.74) is 0. The molecule has 1 saturated heterocycles. The van der Waals surface area contributed by atoms with Crippen LogP contribution < -0.4 is 5.32 Å². The molecule has 1 N–H and O–H groups in total. The van der Waals surface area contributed by atoms with Crippen LogP contribution in [-0.2, 0) is 19.6 Å². The van der Waals surface area contributed by atoms with Crippen LogP contribution >= 0.6 is 11.6 Å². The normalized spacial score (nSPS) is 23.5. The summed E-state index contributed by atoms with van der Waals surface area (Å²) in [6.07, 6.45) is 0.876. The summed E-state index contributed by atoms with van der Waals surface area (Å²) in [5, 5.41) is 3.14. The summed E-state index contributed by atoms with van der Waals surface area (Å²) in [4.78, 5) is 25.8. The molecule has 0 aromatic heterocycles. The van der Waals surface area contributed by atoms with Crippen molar-refractivity contribution in [1.82, 2.24) is 14.5 Å². The third-order valence-corrected chi connectivity index (χ3v) is 7.07. The van der Waals surface area contributed by atoms with E-state index in [4.69, 9.17) is 11.6 Å². The number of halogens is 1. The van der Waals surface area contributed by atoms with Gasteiger partial charge in [0.15, 0.2) is 0 Å². The summed E-state index contributed by atoms with van der Waals surface area (Å²) in [6.45, 7) is 3.04. The smallest absolute Gasteiger partial charge is 0.243 e. The van der Waals surface area contributed by atoms with E-state index >= 15 is 0 Å². The number of hydrogen-bond acceptors (Lipinski definition) is 4. The van der Waals surface area contributed by atoms with Gasteiger partial charge < -0.3 is 10.2 Å². The van der Waals surface area contributed by atoms with Gasteiger partial charge in [-0.3, -0.25) is 9.59 Å². The second kappa shape index (κ2) is 7.54. The summed E-state index contributed by atoms with van der Waals surface area (Å²) >= 11 is 5.80. The Morgan fingerprint density at radius 2 is 1.73 bits per heavy atom. The molecular formula is C17H22ClN3O4S. The highest BCUT2D eigenvalue weighted by molar-refractivity contribution is 7.89. The van der Waals surface area contributed by atoms with Crippen LogP contribution in [0.5, 0.6) is 0 Å². The van der Waals surface area contributed by atoms with Crippen LogP contribution in [0.1, 0.15) is 13.3 Å². The minimum absolute atomic E-state index is 0.0316. The van der Waals surface area contributed by atoms with E-state index in [1.54, 1.807) is 4.90 Å². The molecule has 1 heterocycles. The Morgan fingerprint density at radius 3 is 2.27 bits per heavy atom. The van der Waals surface area contributed by atoms with Crippen LogP contribution in [-0.4, -0.2) is 62.2 Å². The van der Waals surface area contributed by atoms with Gasteiger partial charge >= 0.3 is 0 Å². The average molecular weight is 400 g/mol. The molecule has 0 radical (unpaired) electrons. The first-order valence-corrected chi connectivity index (χ1v) is 10.4. The van der Waals surface area contributed by atoms with Gasteiger partial charge in [0.05, 0.1) is 11.4 Å². The summed E-state index contributed by atoms with van der Waals surface area (Å²) in [7, 11) is -3.60. The average Bonchev–Trinajstić information content (AvgIpc) is 3.36. The molecule has 7 nitrogen and oxygen atoms in total. The second-order valence-corrected chi connectivity index (χ2v) is 9.15. The Kier molecular flexibility index (Phi) is 5.55. The molecule has 2 amide bonds. The van der Waals surface area contributed by atoms with Crippen molar-refractivity contribution in [3.63, 3.8) is 0 Å². The molecule has 2 fully saturated rings. The molecule has 1 aliphatic carbocycles. The quantitative estimate of drug-likeness (QED) is 0.798. The molecule has 0 spiro atoms. The zero-order valence-corrected chi connectivity index (χ0v) is 16.1. The van der Waals surface area contributed by atoms with Crippen molar-refractivity contribution < 1.29 is 18.0 Å². The number of carbonyl (C=O) groups is 2. The number of benzene rings is 1. The number of nitrogens with one attached hydrogen (secondary N) is 1. The lowest BCUT2D eigenvalue weighted by Gasteiger charge is -2.34. The molecule has 9 heteroatoms. The second-order valence-electron chi connectivity index (χ2n) is 6.78. The number of amides is 2. The highest BCUT2D eigenvalue weighted by Gasteiger charge is 2.39. The molecule has 2 atom stereocenters. The van der Waals surface area contributed by atoms with Gasteiger partial charge in [-0.05, 0) is 36.6 Å². The number of hydrogen-bond donors (Lipinski definition) is 1. The van der Waals surface area contributed by atoms with E-state index in [0.717, 1.165) is 6.42 Å². The van der Waals surface area contributed by atoms with E-state index in [2.05, 4.69) is 5.32 Å². The minimum Gasteiger partial charge on any atom is -0.347 e. The largest absolute Gasteiger partial charge is 0.347 e. The summed E-state index contributed by atoms with van der Waals surface area (Å²) in [5.74, 6) is 0.167. The van der Waals surface area contributed by atoms with Crippen molar-refractivity contribution >= 4 is 33.4 Å². The van der Waals surface area contributed by atoms with E-state index in [1.165, 1.54) is 28.6 Å². The molecule has 0 unspecified atom stereocenters. The van der Waals surface area contributed by atoms with Gasteiger partial charge in [0, 0.05) is 37.1 Å². The zero-order valence-electron chi connectivity index (χ0n) is 14.5. The molecule has 3 rings (SSSR count). The summed E-state index contributed by atoms with van der Waals surface area (Å²) < 4.78 is 26.6. The maximum absolute atomic E-state index is 12.6. The van der Waals surface area contributed by atoms with Gasteiger partial charge in [0.2, 0.25) is 21.8 Å². The Balaban J connectivity index is 1.51. The summed E-state index contributed by atoms with van der Waals surface area (Å²) in [6, 6.07) is 6.03. The SMILES string of the molecule is C[C@H]1C[C@H]1C(=O)NCC(=O)N1CCN(S(=O)(=O)c2ccc(Cl)cc2)CC1. The van der Waals surface area contributed by atoms with Crippen molar-refractivity contribution in [3.8, 4) is 0 Å². The highest BCUT2D eigenvalue weighted by atomic mass is 35.5. The lowest BCUT2D eigenvalue weighted by molar-refractivity contribution is -0.134. The van der Waals surface area contributed by atoms with Gasteiger partial charge in [0.25, 0.3) is 0 Å². The van der Waals surface area contributed by atoms with E-state index in [0.29, 0.717) is 24.0 Å². The van der Waals surface area contributed by atoms with E-state index in [-0.39, 0.29) is 42.3 Å². The fourth-order valence-electron chi connectivity index (χ4n) is 3.03. The molecule has 1 aromatic carbocycles. The van der Waals surface area contributed by atoms with Gasteiger partial charge in [-0.15, -0.1) is 0 Å². The fraction of sp³-hybridized carbons (Fsp3) is 0.529. The first-order valence-electron chi connectivity index (χ1n) is 8.60. The molecular weight excluding hydrogens is 378 g/mol. The molecule has 1 saturated carbocycles. The zero-order chi connectivity index (χ0) is 18.9. The van der Waals surface area contributed by atoms with Crippen LogP contribution in [0.25, 0.3) is 0 Å². The molecule has 1 aromatic rings. The molecule has 26 heavy (non-hydrogen) atoms. The molecule has 1 aliphatic heterocycles. The van der Waals surface area contributed by atoms with Crippen LogP contribution in [0.3, 0.4) is 0 Å². The third-order valence-electron chi connectivity index (χ3n) is 4.90. The van der Waals surface area contributed by atoms with Crippen molar-refractivity contribution in [2.24, 2.45) is 11.8 Å². The lowest BCUT2D eigenvalue weighted by Crippen LogP contribution is -2.52. The van der Waals surface area contributed by atoms with Gasteiger partial charge in [0.1, 0.15) is 0 Å². The van der Waals surface area contributed by atoms with Crippen LogP contribution in [0.15, 0.2) is 29.2 Å². The topological polar surface area (TPSA) is 86.8 Å². The molecule has 142 valence electrons. The Morgan fingerprint density at radius 1 is 1.15 bits per heavy atom. The predicted molar refractivity (Wildman–Crippen MR) is 97.1 cm³/mol. The number of sulfonamides is 1. The van der Waals surface area contributed by atoms with Crippen LogP contribution in [0.2, 0.25) is 5.02 Å². The van der Waals surface area contributed by atoms with Crippen molar-refractivity contribution in [2.75, 3.05) is 32.7 Å². The first-order chi connectivity index (χ1) is 12.3. The van der Waals surface area contributed by atoms with Gasteiger partial charge in [-0.1, -0.05) is 18.5 Å². The Bertz CT molecular complexity index is 789. The third kappa shape index (κ3) is 4.19.